The fraction of sp³-hybridized carbons (Fsp3) is 0.240. The predicted molar refractivity (Wildman–Crippen MR) is 117 cm³/mol. The lowest BCUT2D eigenvalue weighted by molar-refractivity contribution is -0.136. The highest BCUT2D eigenvalue weighted by Crippen LogP contribution is 2.27. The van der Waals surface area contributed by atoms with Crippen LogP contribution in [0.4, 0.5) is 0 Å². The van der Waals surface area contributed by atoms with Crippen molar-refractivity contribution in [2.75, 3.05) is 7.11 Å². The highest BCUT2D eigenvalue weighted by molar-refractivity contribution is 5.71. The van der Waals surface area contributed by atoms with E-state index in [0.29, 0.717) is 24.5 Å². The van der Waals surface area contributed by atoms with Crippen molar-refractivity contribution in [2.24, 2.45) is 5.73 Å². The van der Waals surface area contributed by atoms with Gasteiger partial charge in [-0.05, 0) is 59.0 Å². The molecule has 0 heterocycles. The average Bonchev–Trinajstić information content (AvgIpc) is 2.73. The lowest BCUT2D eigenvalue weighted by Gasteiger charge is -2.14. The van der Waals surface area contributed by atoms with Gasteiger partial charge in [-0.1, -0.05) is 42.5 Å². The van der Waals surface area contributed by atoms with Crippen LogP contribution in [-0.2, 0) is 29.2 Å². The number of carboxylic acids is 1. The zero-order valence-corrected chi connectivity index (χ0v) is 17.3. The molecule has 0 spiro atoms. The molecule has 30 heavy (non-hydrogen) atoms. The van der Waals surface area contributed by atoms with Crippen LogP contribution in [0.5, 0.6) is 5.75 Å². The van der Waals surface area contributed by atoms with Crippen LogP contribution in [0.3, 0.4) is 0 Å². The Morgan fingerprint density at radius 3 is 2.40 bits per heavy atom. The van der Waals surface area contributed by atoms with Gasteiger partial charge in [-0.2, -0.15) is 0 Å². The number of methoxy groups -OCH3 is 1. The first-order chi connectivity index (χ1) is 14.5. The van der Waals surface area contributed by atoms with Gasteiger partial charge in [-0.15, -0.1) is 0 Å². The quantitative estimate of drug-likeness (QED) is 0.538. The second-order valence-electron chi connectivity index (χ2n) is 7.35. The molecule has 0 aliphatic rings. The Hall–Kier alpha value is -3.15. The van der Waals surface area contributed by atoms with E-state index in [2.05, 4.69) is 24.3 Å². The van der Waals surface area contributed by atoms with Crippen LogP contribution < -0.4 is 10.5 Å². The van der Waals surface area contributed by atoms with Gasteiger partial charge >= 0.3 is 5.97 Å². The van der Waals surface area contributed by atoms with Crippen LogP contribution in [-0.4, -0.2) is 18.2 Å². The zero-order valence-electron chi connectivity index (χ0n) is 17.3. The second kappa shape index (κ2) is 10.1. The molecule has 3 N–H and O–H groups in total. The summed E-state index contributed by atoms with van der Waals surface area (Å²) in [4.78, 5) is 11.1. The molecule has 5 nitrogen and oxygen atoms in total. The van der Waals surface area contributed by atoms with Crippen molar-refractivity contribution in [3.05, 3.63) is 89.0 Å². The summed E-state index contributed by atoms with van der Waals surface area (Å²) < 4.78 is 11.3. The van der Waals surface area contributed by atoms with Crippen molar-refractivity contribution in [1.82, 2.24) is 0 Å². The van der Waals surface area contributed by atoms with Crippen molar-refractivity contribution in [2.45, 2.75) is 32.6 Å². The molecule has 0 aliphatic carbocycles. The third-order valence-electron chi connectivity index (χ3n) is 4.82. The summed E-state index contributed by atoms with van der Waals surface area (Å²) in [6.07, 6.45) is -0.0742. The van der Waals surface area contributed by atoms with Crippen molar-refractivity contribution in [3.8, 4) is 16.9 Å². The van der Waals surface area contributed by atoms with Crippen LogP contribution in [0.25, 0.3) is 11.1 Å². The van der Waals surface area contributed by atoms with Crippen LogP contribution in [0.15, 0.2) is 66.7 Å². The summed E-state index contributed by atoms with van der Waals surface area (Å²) in [7, 11) is 1.67. The highest BCUT2D eigenvalue weighted by Gasteiger charge is 2.10. The smallest absolute Gasteiger partial charge is 0.307 e. The van der Waals surface area contributed by atoms with E-state index >= 15 is 0 Å². The predicted octanol–water partition coefficient (Wildman–Crippen LogP) is 4.73. The number of carboxylic acid groups (broad SMARTS) is 1. The number of aliphatic carboxylic acids is 1. The van der Waals surface area contributed by atoms with Crippen molar-refractivity contribution in [3.63, 3.8) is 0 Å². The first-order valence-corrected chi connectivity index (χ1v) is 9.86. The Kier molecular flexibility index (Phi) is 7.22. The van der Waals surface area contributed by atoms with Crippen LogP contribution >= 0.6 is 0 Å². The van der Waals surface area contributed by atoms with E-state index in [-0.39, 0.29) is 12.5 Å². The molecule has 3 aromatic carbocycles. The topological polar surface area (TPSA) is 81.8 Å². The number of nitrogens with two attached hydrogens (primary N) is 1. The largest absolute Gasteiger partial charge is 0.489 e. The van der Waals surface area contributed by atoms with Crippen molar-refractivity contribution < 1.29 is 19.4 Å². The maximum atomic E-state index is 11.1. The second-order valence-corrected chi connectivity index (χ2v) is 7.35. The first-order valence-electron chi connectivity index (χ1n) is 9.86. The van der Waals surface area contributed by atoms with Gasteiger partial charge in [-0.3, -0.25) is 4.79 Å². The molecule has 0 radical (unpaired) electrons. The Morgan fingerprint density at radius 1 is 0.967 bits per heavy atom. The Bertz CT molecular complexity index is 1010. The first kappa shape index (κ1) is 21.6. The number of para-hydroxylation sites is 1. The van der Waals surface area contributed by atoms with Crippen LogP contribution in [0.2, 0.25) is 0 Å². The number of benzene rings is 3. The standard InChI is InChI=1S/C25H27NO4/c1-17(26)20-7-5-8-21(13-20)23-11-18(15-29-2)10-19(12-23)16-30-24-9-4-3-6-22(24)14-25(27)28/h3-13,17H,14-16,26H2,1-2H3,(H,27,28)/t17-/m0/s1. The molecule has 5 heteroatoms. The van der Waals surface area contributed by atoms with Gasteiger partial charge in [0.2, 0.25) is 0 Å². The van der Waals surface area contributed by atoms with Gasteiger partial charge in [0.05, 0.1) is 13.0 Å². The molecule has 3 rings (SSSR count). The number of rotatable bonds is 9. The fourth-order valence-corrected chi connectivity index (χ4v) is 3.38. The lowest BCUT2D eigenvalue weighted by Crippen LogP contribution is -2.05. The van der Waals surface area contributed by atoms with Gasteiger partial charge in [-0.25, -0.2) is 0 Å². The summed E-state index contributed by atoms with van der Waals surface area (Å²) in [5.41, 5.74) is 11.9. The molecule has 1 atom stereocenters. The van der Waals surface area contributed by atoms with E-state index < -0.39 is 5.97 Å². The molecular formula is C25H27NO4. The Morgan fingerprint density at radius 2 is 1.70 bits per heavy atom. The van der Waals surface area contributed by atoms with E-state index in [0.717, 1.165) is 27.8 Å². The molecule has 156 valence electrons. The van der Waals surface area contributed by atoms with Gasteiger partial charge in [0.15, 0.2) is 0 Å². The fourth-order valence-electron chi connectivity index (χ4n) is 3.38. The minimum absolute atomic E-state index is 0.0411. The summed E-state index contributed by atoms with van der Waals surface area (Å²) in [5.74, 6) is -0.304. The Balaban J connectivity index is 1.89. The molecule has 3 aromatic rings. The number of hydrogen-bond donors (Lipinski definition) is 2. The third-order valence-corrected chi connectivity index (χ3v) is 4.82. The third kappa shape index (κ3) is 5.69. The Labute approximate surface area is 177 Å². The number of carbonyl (C=O) groups is 1. The summed E-state index contributed by atoms with van der Waals surface area (Å²) >= 11 is 0. The van der Waals surface area contributed by atoms with E-state index in [1.54, 1.807) is 19.2 Å². The summed E-state index contributed by atoms with van der Waals surface area (Å²) in [6.45, 7) is 2.78. The zero-order chi connectivity index (χ0) is 21.5. The molecule has 0 bridgehead atoms. The summed E-state index contributed by atoms with van der Waals surface area (Å²) in [5, 5.41) is 9.12. The molecule has 0 aliphatic heterocycles. The maximum absolute atomic E-state index is 11.1. The maximum Gasteiger partial charge on any atom is 0.307 e. The van der Waals surface area contributed by atoms with Gasteiger partial charge in [0.1, 0.15) is 12.4 Å². The van der Waals surface area contributed by atoms with Gasteiger partial charge in [0.25, 0.3) is 0 Å². The molecule has 0 amide bonds. The SMILES string of the molecule is COCc1cc(COc2ccccc2CC(=O)O)cc(-c2cccc([C@H](C)N)c2)c1. The monoisotopic (exact) mass is 405 g/mol. The van der Waals surface area contributed by atoms with E-state index in [4.69, 9.17) is 20.3 Å². The lowest BCUT2D eigenvalue weighted by atomic mass is 9.97. The molecule has 0 saturated heterocycles. The normalized spacial score (nSPS) is 11.8. The molecule has 0 saturated carbocycles. The molecular weight excluding hydrogens is 378 g/mol. The number of ether oxygens (including phenoxy) is 2. The van der Waals surface area contributed by atoms with Crippen molar-refractivity contribution >= 4 is 5.97 Å². The molecule has 0 aromatic heterocycles. The van der Waals surface area contributed by atoms with Gasteiger partial charge < -0.3 is 20.3 Å². The number of hydrogen-bond acceptors (Lipinski definition) is 4. The van der Waals surface area contributed by atoms with E-state index in [1.807, 2.05) is 37.3 Å². The van der Waals surface area contributed by atoms with E-state index in [1.165, 1.54) is 0 Å². The minimum atomic E-state index is -0.885. The molecule has 0 unspecified atom stereocenters. The average molecular weight is 405 g/mol. The minimum Gasteiger partial charge on any atom is -0.489 e. The summed E-state index contributed by atoms with van der Waals surface area (Å²) in [6, 6.07) is 21.6. The van der Waals surface area contributed by atoms with Gasteiger partial charge in [0, 0.05) is 18.7 Å². The molecule has 0 fully saturated rings. The van der Waals surface area contributed by atoms with Crippen LogP contribution in [0, 0.1) is 0 Å². The highest BCUT2D eigenvalue weighted by atomic mass is 16.5. The van der Waals surface area contributed by atoms with Crippen molar-refractivity contribution in [1.29, 1.82) is 0 Å². The van der Waals surface area contributed by atoms with E-state index in [9.17, 15) is 4.79 Å². The van der Waals surface area contributed by atoms with Crippen LogP contribution in [0.1, 0.15) is 35.2 Å².